The van der Waals surface area contributed by atoms with Crippen LogP contribution in [0.4, 0.5) is 10.1 Å². The topological polar surface area (TPSA) is 105 Å². The highest BCUT2D eigenvalue weighted by molar-refractivity contribution is 7.92. The summed E-state index contributed by atoms with van der Waals surface area (Å²) in [6.45, 7) is 0.219. The molecule has 148 valence electrons. The second-order valence-electron chi connectivity index (χ2n) is 7.69. The number of halogens is 1. The molecule has 0 unspecified atom stereocenters. The molecule has 1 aliphatic heterocycles. The van der Waals surface area contributed by atoms with Crippen LogP contribution >= 0.6 is 0 Å². The van der Waals surface area contributed by atoms with Crippen LogP contribution in [0.3, 0.4) is 0 Å². The number of nitrogens with zero attached hydrogens (tertiary/aromatic N) is 3. The number of hydrogen-bond donors (Lipinski definition) is 2. The fraction of sp³-hybridized carbons (Fsp3) is 0.444. The van der Waals surface area contributed by atoms with Crippen LogP contribution in [0.5, 0.6) is 5.75 Å². The first-order chi connectivity index (χ1) is 13.3. The third-order valence-electron chi connectivity index (χ3n) is 5.38. The molecule has 2 aliphatic carbocycles. The van der Waals surface area contributed by atoms with Gasteiger partial charge in [0.1, 0.15) is 18.0 Å². The molecular weight excluding hydrogens is 387 g/mol. The molecule has 1 aromatic carbocycles. The minimum absolute atomic E-state index is 0.0961. The molecule has 0 atom stereocenters. The Kier molecular flexibility index (Phi) is 3.71. The smallest absolute Gasteiger partial charge is 0.326 e. The number of hydrogen-bond acceptors (Lipinski definition) is 5. The monoisotopic (exact) mass is 406 g/mol. The number of amides is 1. The van der Waals surface area contributed by atoms with E-state index in [4.69, 9.17) is 0 Å². The van der Waals surface area contributed by atoms with E-state index >= 15 is 4.39 Å². The Bertz CT molecular complexity index is 1090. The number of phenols is 1. The van der Waals surface area contributed by atoms with Crippen LogP contribution < -0.4 is 9.03 Å². The van der Waals surface area contributed by atoms with E-state index in [1.165, 1.54) is 25.0 Å². The number of anilines is 1. The average molecular weight is 406 g/mol. The predicted molar refractivity (Wildman–Crippen MR) is 98.4 cm³/mol. The van der Waals surface area contributed by atoms with Crippen molar-refractivity contribution in [1.29, 1.82) is 0 Å². The van der Waals surface area contributed by atoms with Gasteiger partial charge in [-0.3, -0.25) is 9.48 Å². The van der Waals surface area contributed by atoms with E-state index < -0.39 is 39.9 Å². The zero-order valence-electron chi connectivity index (χ0n) is 14.9. The number of aromatic nitrogens is 2. The number of phenolic OH excluding ortho intramolecular Hbond substituents is 1. The minimum Gasteiger partial charge on any atom is -0.506 e. The standard InChI is InChI=1S/C18H19FN4O4S/c19-17-12(5-6-15(24)18(17)23-9-16(25)21-28(23,26)27)13-7-14(11-3-4-11)22(20-13)8-10-1-2-10/h5-7,10-11,24H,1-4,8-9H2,(H,21,25). The highest BCUT2D eigenvalue weighted by atomic mass is 32.2. The molecule has 2 N–H and O–H groups in total. The van der Waals surface area contributed by atoms with Gasteiger partial charge in [-0.25, -0.2) is 13.4 Å². The first kappa shape index (κ1) is 17.5. The first-order valence-corrected chi connectivity index (χ1v) is 10.7. The van der Waals surface area contributed by atoms with Crippen molar-refractivity contribution < 1.29 is 22.7 Å². The van der Waals surface area contributed by atoms with Crippen LogP contribution in [0.2, 0.25) is 0 Å². The van der Waals surface area contributed by atoms with Crippen LogP contribution in [0.25, 0.3) is 11.3 Å². The van der Waals surface area contributed by atoms with Crippen LogP contribution in [0.1, 0.15) is 37.3 Å². The minimum atomic E-state index is -4.24. The van der Waals surface area contributed by atoms with E-state index in [0.717, 1.165) is 25.1 Å². The molecule has 28 heavy (non-hydrogen) atoms. The van der Waals surface area contributed by atoms with Crippen molar-refractivity contribution in [2.24, 2.45) is 5.92 Å². The second-order valence-corrected chi connectivity index (χ2v) is 9.28. The lowest BCUT2D eigenvalue weighted by Gasteiger charge is -2.18. The predicted octanol–water partition coefficient (Wildman–Crippen LogP) is 1.86. The third kappa shape index (κ3) is 2.92. The van der Waals surface area contributed by atoms with Gasteiger partial charge in [-0.1, -0.05) is 0 Å². The van der Waals surface area contributed by atoms with E-state index in [2.05, 4.69) is 5.10 Å². The molecule has 10 heteroatoms. The molecule has 1 aromatic heterocycles. The molecule has 2 aromatic rings. The van der Waals surface area contributed by atoms with E-state index in [-0.39, 0.29) is 5.56 Å². The van der Waals surface area contributed by atoms with Crippen LogP contribution in [-0.4, -0.2) is 35.8 Å². The Hall–Kier alpha value is -2.62. The Morgan fingerprint density at radius 3 is 2.61 bits per heavy atom. The maximum absolute atomic E-state index is 15.3. The van der Waals surface area contributed by atoms with Gasteiger partial charge in [0.05, 0.1) is 5.69 Å². The van der Waals surface area contributed by atoms with E-state index in [0.29, 0.717) is 21.8 Å². The number of rotatable bonds is 5. The molecule has 1 amide bonds. The van der Waals surface area contributed by atoms with Crippen molar-refractivity contribution >= 4 is 21.8 Å². The molecule has 2 heterocycles. The Morgan fingerprint density at radius 1 is 1.25 bits per heavy atom. The number of nitrogens with one attached hydrogen (secondary N) is 1. The van der Waals surface area contributed by atoms with Gasteiger partial charge in [-0.2, -0.15) is 13.5 Å². The quantitative estimate of drug-likeness (QED) is 0.789. The van der Waals surface area contributed by atoms with Gasteiger partial charge in [0.15, 0.2) is 5.82 Å². The van der Waals surface area contributed by atoms with Gasteiger partial charge in [-0.15, -0.1) is 0 Å². The summed E-state index contributed by atoms with van der Waals surface area (Å²) >= 11 is 0. The summed E-state index contributed by atoms with van der Waals surface area (Å²) in [6.07, 6.45) is 4.51. The van der Waals surface area contributed by atoms with Gasteiger partial charge in [0.25, 0.3) is 5.91 Å². The largest absolute Gasteiger partial charge is 0.506 e. The fourth-order valence-corrected chi connectivity index (χ4v) is 4.76. The average Bonchev–Trinajstić information content (AvgIpc) is 3.53. The number of carbonyl (C=O) groups is 1. The fourth-order valence-electron chi connectivity index (χ4n) is 3.60. The Balaban J connectivity index is 1.59. The zero-order chi connectivity index (χ0) is 19.6. The van der Waals surface area contributed by atoms with Gasteiger partial charge in [0.2, 0.25) is 0 Å². The van der Waals surface area contributed by atoms with Crippen molar-refractivity contribution in [2.45, 2.75) is 38.1 Å². The first-order valence-electron chi connectivity index (χ1n) is 9.26. The summed E-state index contributed by atoms with van der Waals surface area (Å²) in [5.41, 5.74) is 1.03. The summed E-state index contributed by atoms with van der Waals surface area (Å²) in [6, 6.07) is 4.45. The van der Waals surface area contributed by atoms with E-state index in [1.807, 2.05) is 10.7 Å². The highest BCUT2D eigenvalue weighted by Crippen LogP contribution is 2.44. The molecule has 5 rings (SSSR count). The van der Waals surface area contributed by atoms with Gasteiger partial charge in [0, 0.05) is 23.7 Å². The molecule has 3 fully saturated rings. The second kappa shape index (κ2) is 5.94. The lowest BCUT2D eigenvalue weighted by molar-refractivity contribution is -0.117. The van der Waals surface area contributed by atoms with E-state index in [9.17, 15) is 18.3 Å². The van der Waals surface area contributed by atoms with Gasteiger partial charge < -0.3 is 5.11 Å². The number of aromatic hydroxyl groups is 1. The van der Waals surface area contributed by atoms with Crippen molar-refractivity contribution in [1.82, 2.24) is 14.5 Å². The van der Waals surface area contributed by atoms with Gasteiger partial charge >= 0.3 is 10.2 Å². The molecule has 8 nitrogen and oxygen atoms in total. The summed E-state index contributed by atoms with van der Waals surface area (Å²) in [5, 5.41) is 14.7. The van der Waals surface area contributed by atoms with Crippen molar-refractivity contribution in [3.63, 3.8) is 0 Å². The van der Waals surface area contributed by atoms with Crippen LogP contribution in [0.15, 0.2) is 18.2 Å². The third-order valence-corrected chi connectivity index (χ3v) is 6.75. The molecule has 3 aliphatic rings. The Labute approximate surface area is 161 Å². The van der Waals surface area contributed by atoms with Crippen molar-refractivity contribution in [2.75, 3.05) is 10.8 Å². The summed E-state index contributed by atoms with van der Waals surface area (Å²) < 4.78 is 43.8. The number of carbonyl (C=O) groups excluding carboxylic acids is 1. The van der Waals surface area contributed by atoms with Gasteiger partial charge in [-0.05, 0) is 49.8 Å². The highest BCUT2D eigenvalue weighted by Gasteiger charge is 2.38. The lowest BCUT2D eigenvalue weighted by Crippen LogP contribution is -2.30. The number of benzene rings is 1. The summed E-state index contributed by atoms with van der Waals surface area (Å²) in [4.78, 5) is 11.5. The molecule has 0 spiro atoms. The Morgan fingerprint density at radius 2 is 2.00 bits per heavy atom. The summed E-state index contributed by atoms with van der Waals surface area (Å²) in [5.74, 6) is -1.22. The lowest BCUT2D eigenvalue weighted by atomic mass is 10.1. The molecule has 2 saturated carbocycles. The normalized spacial score (nSPS) is 21.2. The van der Waals surface area contributed by atoms with E-state index in [1.54, 1.807) is 4.72 Å². The van der Waals surface area contributed by atoms with Crippen LogP contribution in [-0.2, 0) is 21.5 Å². The van der Waals surface area contributed by atoms with Crippen molar-refractivity contribution in [3.8, 4) is 17.0 Å². The molecule has 0 bridgehead atoms. The van der Waals surface area contributed by atoms with Crippen LogP contribution in [0, 0.1) is 11.7 Å². The maximum atomic E-state index is 15.3. The summed E-state index contributed by atoms with van der Waals surface area (Å²) in [7, 11) is -4.24. The molecule has 1 saturated heterocycles. The zero-order valence-corrected chi connectivity index (χ0v) is 15.7. The van der Waals surface area contributed by atoms with Crippen molar-refractivity contribution in [3.05, 3.63) is 29.7 Å². The molecule has 0 radical (unpaired) electrons. The molecular formula is C18H19FN4O4S. The SMILES string of the molecule is O=C1CN(c2c(O)ccc(-c3cc(C4CC4)n(CC4CC4)n3)c2F)S(=O)(=O)N1. The maximum Gasteiger partial charge on any atom is 0.326 e.